The van der Waals surface area contributed by atoms with E-state index >= 15 is 0 Å². The molecule has 156 valence electrons. The van der Waals surface area contributed by atoms with E-state index in [1.165, 1.54) is 24.8 Å². The molecule has 0 spiro atoms. The molecule has 5 heteroatoms. The van der Waals surface area contributed by atoms with Gasteiger partial charge in [0.1, 0.15) is 18.1 Å². The van der Waals surface area contributed by atoms with Crippen LogP contribution in [0.1, 0.15) is 48.8 Å². The van der Waals surface area contributed by atoms with Gasteiger partial charge in [-0.05, 0) is 61.3 Å². The van der Waals surface area contributed by atoms with Crippen molar-refractivity contribution >= 4 is 29.3 Å². The first-order valence-electron chi connectivity index (χ1n) is 10.6. The van der Waals surface area contributed by atoms with Gasteiger partial charge in [-0.25, -0.2) is 0 Å². The Hall–Kier alpha value is -2.66. The number of nitrogens with zero attached hydrogens (tertiary/aromatic N) is 2. The van der Waals surface area contributed by atoms with Gasteiger partial charge in [-0.2, -0.15) is 0 Å². The van der Waals surface area contributed by atoms with E-state index in [9.17, 15) is 4.79 Å². The number of ether oxygens (including phenoxy) is 1. The molecule has 0 atom stereocenters. The van der Waals surface area contributed by atoms with Gasteiger partial charge >= 0.3 is 0 Å². The summed E-state index contributed by atoms with van der Waals surface area (Å²) in [4.78, 5) is 16.8. The number of carbonyl (C=O) groups excluding carboxylic acids is 1. The quantitative estimate of drug-likeness (QED) is 0.485. The van der Waals surface area contributed by atoms with Gasteiger partial charge in [0.15, 0.2) is 5.11 Å². The lowest BCUT2D eigenvalue weighted by atomic mass is 9.94. The number of thiocarbonyl (C=S) groups is 1. The summed E-state index contributed by atoms with van der Waals surface area (Å²) in [7, 11) is 1.88. The number of likely N-dealkylation sites (N-methyl/N-ethyl adjacent to an activating group) is 1. The Labute approximate surface area is 184 Å². The number of hydrogen-bond acceptors (Lipinski definition) is 3. The summed E-state index contributed by atoms with van der Waals surface area (Å²) in [6.07, 6.45) is 7.59. The Morgan fingerprint density at radius 1 is 1.10 bits per heavy atom. The first kappa shape index (κ1) is 20.6. The fraction of sp³-hybridized carbons (Fsp3) is 0.360. The van der Waals surface area contributed by atoms with Gasteiger partial charge in [-0.15, -0.1) is 0 Å². The monoisotopic (exact) mass is 420 g/mol. The molecule has 1 aliphatic heterocycles. The maximum Gasteiger partial charge on any atom is 0.277 e. The van der Waals surface area contributed by atoms with Crippen LogP contribution in [-0.4, -0.2) is 33.9 Å². The Balaban J connectivity index is 1.44. The Morgan fingerprint density at radius 3 is 2.53 bits per heavy atom. The van der Waals surface area contributed by atoms with Crippen LogP contribution in [0.4, 0.5) is 0 Å². The van der Waals surface area contributed by atoms with Gasteiger partial charge in [0.05, 0.1) is 0 Å². The molecule has 2 aromatic carbocycles. The largest absolute Gasteiger partial charge is 0.489 e. The molecular formula is C25H28N2O2S. The maximum atomic E-state index is 13.1. The van der Waals surface area contributed by atoms with Crippen molar-refractivity contribution < 1.29 is 9.53 Å². The van der Waals surface area contributed by atoms with Gasteiger partial charge < -0.3 is 9.64 Å². The van der Waals surface area contributed by atoms with Crippen LogP contribution in [0.5, 0.6) is 5.75 Å². The Morgan fingerprint density at radius 2 is 1.83 bits per heavy atom. The number of rotatable bonds is 5. The highest BCUT2D eigenvalue weighted by Gasteiger charge is 2.40. The molecule has 0 unspecified atom stereocenters. The third-order valence-corrected chi connectivity index (χ3v) is 6.37. The molecule has 0 radical (unpaired) electrons. The minimum Gasteiger partial charge on any atom is -0.489 e. The standard InChI is InChI=1S/C25H28N2O2S/c1-18-7-6-8-20(15-18)17-29-22-13-11-19(12-14-22)16-23-24(28)27(25(30)26(23)2)21-9-4-3-5-10-21/h6-8,11-16,21H,3-5,9-10,17H2,1-2H3/b23-16-. The Kier molecular flexibility index (Phi) is 6.18. The summed E-state index contributed by atoms with van der Waals surface area (Å²) in [6, 6.07) is 16.4. The van der Waals surface area contributed by atoms with Crippen LogP contribution in [-0.2, 0) is 11.4 Å². The van der Waals surface area contributed by atoms with Crippen LogP contribution in [0.15, 0.2) is 54.2 Å². The summed E-state index contributed by atoms with van der Waals surface area (Å²) in [5.41, 5.74) is 3.97. The van der Waals surface area contributed by atoms with E-state index in [1.807, 2.05) is 53.3 Å². The summed E-state index contributed by atoms with van der Waals surface area (Å²) in [6.45, 7) is 2.61. The van der Waals surface area contributed by atoms with Gasteiger partial charge in [-0.3, -0.25) is 9.69 Å². The zero-order chi connectivity index (χ0) is 21.1. The van der Waals surface area contributed by atoms with E-state index in [2.05, 4.69) is 25.1 Å². The molecule has 1 saturated heterocycles. The van der Waals surface area contributed by atoms with Gasteiger partial charge in [0.2, 0.25) is 0 Å². The van der Waals surface area contributed by atoms with Crippen molar-refractivity contribution in [3.05, 3.63) is 70.9 Å². The molecule has 1 aliphatic carbocycles. The van der Waals surface area contributed by atoms with Crippen molar-refractivity contribution in [1.29, 1.82) is 0 Å². The average Bonchev–Trinajstić information content (AvgIpc) is 2.97. The molecular weight excluding hydrogens is 392 g/mol. The van der Waals surface area contributed by atoms with Gasteiger partial charge in [-0.1, -0.05) is 61.2 Å². The predicted octanol–water partition coefficient (Wildman–Crippen LogP) is 5.31. The van der Waals surface area contributed by atoms with Crippen LogP contribution in [0.3, 0.4) is 0 Å². The highest BCUT2D eigenvalue weighted by Crippen LogP contribution is 2.30. The van der Waals surface area contributed by atoms with Crippen LogP contribution in [0.25, 0.3) is 6.08 Å². The second-order valence-electron chi connectivity index (χ2n) is 8.18. The third-order valence-electron chi connectivity index (χ3n) is 5.90. The van der Waals surface area contributed by atoms with Crippen LogP contribution < -0.4 is 4.74 Å². The first-order chi connectivity index (χ1) is 14.5. The Bertz CT molecular complexity index is 961. The SMILES string of the molecule is Cc1cccc(COc2ccc(/C=C3/C(=O)N(C4CCCCC4)C(=S)N3C)cc2)c1. The number of benzene rings is 2. The maximum absolute atomic E-state index is 13.1. The lowest BCUT2D eigenvalue weighted by Crippen LogP contribution is -2.41. The normalized spacial score (nSPS) is 19.1. The smallest absolute Gasteiger partial charge is 0.277 e. The van der Waals surface area contributed by atoms with Crippen LogP contribution in [0.2, 0.25) is 0 Å². The summed E-state index contributed by atoms with van der Waals surface area (Å²) in [5, 5.41) is 0.622. The molecule has 0 aromatic heterocycles. The van der Waals surface area contributed by atoms with E-state index in [-0.39, 0.29) is 11.9 Å². The van der Waals surface area contributed by atoms with E-state index in [4.69, 9.17) is 17.0 Å². The minimum absolute atomic E-state index is 0.0224. The van der Waals surface area contributed by atoms with Crippen molar-refractivity contribution in [3.63, 3.8) is 0 Å². The van der Waals surface area contributed by atoms with E-state index in [0.717, 1.165) is 29.7 Å². The van der Waals surface area contributed by atoms with Crippen molar-refractivity contribution in [2.45, 2.75) is 51.7 Å². The van der Waals surface area contributed by atoms with Crippen LogP contribution in [0, 0.1) is 6.92 Å². The molecule has 2 aromatic rings. The van der Waals surface area contributed by atoms with E-state index in [1.54, 1.807) is 0 Å². The zero-order valence-corrected chi connectivity index (χ0v) is 18.5. The van der Waals surface area contributed by atoms with Crippen molar-refractivity contribution in [2.75, 3.05) is 7.05 Å². The van der Waals surface area contributed by atoms with Crippen molar-refractivity contribution in [2.24, 2.45) is 0 Å². The molecule has 4 rings (SSSR count). The average molecular weight is 421 g/mol. The summed E-state index contributed by atoms with van der Waals surface area (Å²) >= 11 is 5.60. The molecule has 2 aliphatic rings. The van der Waals surface area contributed by atoms with Crippen molar-refractivity contribution in [3.8, 4) is 5.75 Å². The number of carbonyl (C=O) groups is 1. The molecule has 1 amide bonds. The van der Waals surface area contributed by atoms with E-state index < -0.39 is 0 Å². The van der Waals surface area contributed by atoms with Gasteiger partial charge in [0.25, 0.3) is 5.91 Å². The topological polar surface area (TPSA) is 32.8 Å². The fourth-order valence-corrected chi connectivity index (χ4v) is 4.56. The van der Waals surface area contributed by atoms with Crippen molar-refractivity contribution in [1.82, 2.24) is 9.80 Å². The lowest BCUT2D eigenvalue weighted by molar-refractivity contribution is -0.124. The summed E-state index contributed by atoms with van der Waals surface area (Å²) in [5.74, 6) is 0.832. The fourth-order valence-electron chi connectivity index (χ4n) is 4.22. The molecule has 2 fully saturated rings. The highest BCUT2D eigenvalue weighted by molar-refractivity contribution is 7.80. The molecule has 1 heterocycles. The van der Waals surface area contributed by atoms with Gasteiger partial charge in [0, 0.05) is 13.1 Å². The molecule has 30 heavy (non-hydrogen) atoms. The molecule has 0 bridgehead atoms. The lowest BCUT2D eigenvalue weighted by Gasteiger charge is -2.30. The first-order valence-corrected chi connectivity index (χ1v) is 11.0. The molecule has 0 N–H and O–H groups in total. The second kappa shape index (κ2) is 9.00. The van der Waals surface area contributed by atoms with E-state index in [0.29, 0.717) is 17.4 Å². The molecule has 4 nitrogen and oxygen atoms in total. The second-order valence-corrected chi connectivity index (χ2v) is 8.55. The predicted molar refractivity (Wildman–Crippen MR) is 124 cm³/mol. The minimum atomic E-state index is 0.0224. The number of hydrogen-bond donors (Lipinski definition) is 0. The molecule has 1 saturated carbocycles. The highest BCUT2D eigenvalue weighted by atomic mass is 32.1. The summed E-state index contributed by atoms with van der Waals surface area (Å²) < 4.78 is 5.90. The zero-order valence-electron chi connectivity index (χ0n) is 17.6. The number of aryl methyl sites for hydroxylation is 1. The van der Waals surface area contributed by atoms with Crippen LogP contribution >= 0.6 is 12.2 Å². The third kappa shape index (κ3) is 4.41. The number of amides is 1.